The van der Waals surface area contributed by atoms with Gasteiger partial charge in [-0.1, -0.05) is 20.3 Å². The third-order valence-corrected chi connectivity index (χ3v) is 3.96. The van der Waals surface area contributed by atoms with Crippen LogP contribution in [0.2, 0.25) is 0 Å². The van der Waals surface area contributed by atoms with E-state index in [0.717, 1.165) is 6.42 Å². The van der Waals surface area contributed by atoms with Crippen LogP contribution in [0.1, 0.15) is 32.8 Å². The van der Waals surface area contributed by atoms with Crippen LogP contribution < -0.4 is 0 Å². The molecule has 0 spiro atoms. The largest absolute Gasteiger partial charge is 0.390 e. The molecule has 0 radical (unpaired) electrons. The highest BCUT2D eigenvalue weighted by molar-refractivity contribution is 9.10. The monoisotopic (exact) mass is 306 g/mol. The second-order valence-electron chi connectivity index (χ2n) is 4.66. The van der Waals surface area contributed by atoms with Crippen molar-refractivity contribution in [3.05, 3.63) is 33.8 Å². The van der Waals surface area contributed by atoms with Crippen LogP contribution >= 0.6 is 15.9 Å². The van der Waals surface area contributed by atoms with E-state index in [2.05, 4.69) is 15.9 Å². The molecule has 0 bridgehead atoms. The molecule has 0 aliphatic heterocycles. The quantitative estimate of drug-likeness (QED) is 0.832. The van der Waals surface area contributed by atoms with Crippen molar-refractivity contribution in [2.75, 3.05) is 0 Å². The summed E-state index contributed by atoms with van der Waals surface area (Å²) >= 11 is 3.02. The Labute approximate surface area is 109 Å². The molecule has 17 heavy (non-hydrogen) atoms. The zero-order valence-corrected chi connectivity index (χ0v) is 11.8. The lowest BCUT2D eigenvalue weighted by Crippen LogP contribution is -2.35. The molecule has 0 aromatic heterocycles. The standard InChI is InChI=1S/C13H17BrF2O/c1-4-8(2)13(3,17)7-9-11(15)6-5-10(14)12(9)16/h5-6,8,17H,4,7H2,1-3H3. The van der Waals surface area contributed by atoms with Crippen molar-refractivity contribution in [1.29, 1.82) is 0 Å². The van der Waals surface area contributed by atoms with Gasteiger partial charge in [0, 0.05) is 12.0 Å². The third-order valence-electron chi connectivity index (χ3n) is 3.35. The lowest BCUT2D eigenvalue weighted by Gasteiger charge is -2.30. The minimum Gasteiger partial charge on any atom is -0.390 e. The first-order valence-corrected chi connectivity index (χ1v) is 6.43. The van der Waals surface area contributed by atoms with E-state index in [4.69, 9.17) is 0 Å². The molecule has 1 aromatic rings. The van der Waals surface area contributed by atoms with Gasteiger partial charge in [-0.15, -0.1) is 0 Å². The van der Waals surface area contributed by atoms with Crippen LogP contribution in [0.3, 0.4) is 0 Å². The highest BCUT2D eigenvalue weighted by Crippen LogP contribution is 2.29. The fraction of sp³-hybridized carbons (Fsp3) is 0.538. The Morgan fingerprint density at radius 3 is 2.53 bits per heavy atom. The molecule has 2 atom stereocenters. The van der Waals surface area contributed by atoms with Gasteiger partial charge < -0.3 is 5.11 Å². The average molecular weight is 307 g/mol. The van der Waals surface area contributed by atoms with Crippen molar-refractivity contribution >= 4 is 15.9 Å². The highest BCUT2D eigenvalue weighted by atomic mass is 79.9. The van der Waals surface area contributed by atoms with Gasteiger partial charge in [0.25, 0.3) is 0 Å². The molecule has 0 fully saturated rings. The van der Waals surface area contributed by atoms with E-state index in [1.54, 1.807) is 6.92 Å². The van der Waals surface area contributed by atoms with Crippen LogP contribution in [-0.2, 0) is 6.42 Å². The number of hydrogen-bond donors (Lipinski definition) is 1. The summed E-state index contributed by atoms with van der Waals surface area (Å²) in [6.07, 6.45) is 0.726. The maximum Gasteiger partial charge on any atom is 0.143 e. The summed E-state index contributed by atoms with van der Waals surface area (Å²) in [4.78, 5) is 0. The Hall–Kier alpha value is -0.480. The van der Waals surface area contributed by atoms with E-state index in [9.17, 15) is 13.9 Å². The summed E-state index contributed by atoms with van der Waals surface area (Å²) in [6.45, 7) is 5.42. The molecule has 0 heterocycles. The zero-order chi connectivity index (χ0) is 13.2. The van der Waals surface area contributed by atoms with Crippen molar-refractivity contribution in [3.8, 4) is 0 Å². The molecule has 1 N–H and O–H groups in total. The molecule has 1 aromatic carbocycles. The predicted molar refractivity (Wildman–Crippen MR) is 67.8 cm³/mol. The minimum absolute atomic E-state index is 0.0275. The number of aliphatic hydroxyl groups is 1. The lowest BCUT2D eigenvalue weighted by molar-refractivity contribution is 0.00368. The van der Waals surface area contributed by atoms with Crippen LogP contribution in [-0.4, -0.2) is 10.7 Å². The van der Waals surface area contributed by atoms with Gasteiger partial charge in [-0.2, -0.15) is 0 Å². The minimum atomic E-state index is -1.11. The van der Waals surface area contributed by atoms with Crippen molar-refractivity contribution in [3.63, 3.8) is 0 Å². The molecule has 4 heteroatoms. The van der Waals surface area contributed by atoms with Crippen LogP contribution in [0.5, 0.6) is 0 Å². The van der Waals surface area contributed by atoms with Gasteiger partial charge in [-0.3, -0.25) is 0 Å². The molecular weight excluding hydrogens is 290 g/mol. The van der Waals surface area contributed by atoms with E-state index in [0.29, 0.717) is 0 Å². The Balaban J connectivity index is 3.07. The molecule has 0 aliphatic rings. The van der Waals surface area contributed by atoms with E-state index < -0.39 is 17.2 Å². The molecule has 0 saturated carbocycles. The summed E-state index contributed by atoms with van der Waals surface area (Å²) in [5.74, 6) is -1.27. The van der Waals surface area contributed by atoms with Crippen molar-refractivity contribution in [2.24, 2.45) is 5.92 Å². The number of halogens is 3. The van der Waals surface area contributed by atoms with Gasteiger partial charge in [0.2, 0.25) is 0 Å². The fourth-order valence-electron chi connectivity index (χ4n) is 1.70. The van der Waals surface area contributed by atoms with E-state index in [1.165, 1.54) is 12.1 Å². The first-order chi connectivity index (χ1) is 7.79. The lowest BCUT2D eigenvalue weighted by atomic mass is 9.83. The van der Waals surface area contributed by atoms with Gasteiger partial charge in [0.05, 0.1) is 10.1 Å². The smallest absolute Gasteiger partial charge is 0.143 e. The van der Waals surface area contributed by atoms with Crippen LogP contribution in [0.4, 0.5) is 8.78 Å². The number of benzene rings is 1. The van der Waals surface area contributed by atoms with Gasteiger partial charge in [0.15, 0.2) is 0 Å². The SMILES string of the molecule is CCC(C)C(C)(O)Cc1c(F)ccc(Br)c1F. The van der Waals surface area contributed by atoms with Crippen LogP contribution in [0, 0.1) is 17.6 Å². The molecule has 0 saturated heterocycles. The third kappa shape index (κ3) is 3.26. The van der Waals surface area contributed by atoms with E-state index >= 15 is 0 Å². The van der Waals surface area contributed by atoms with E-state index in [1.807, 2.05) is 13.8 Å². The maximum absolute atomic E-state index is 13.8. The van der Waals surface area contributed by atoms with Crippen LogP contribution in [0.15, 0.2) is 16.6 Å². The first-order valence-electron chi connectivity index (χ1n) is 5.64. The fourth-order valence-corrected chi connectivity index (χ4v) is 2.07. The summed E-state index contributed by atoms with van der Waals surface area (Å²) in [6, 6.07) is 2.53. The molecule has 96 valence electrons. The Bertz CT molecular complexity index is 405. The normalized spacial score (nSPS) is 16.6. The summed E-state index contributed by atoms with van der Waals surface area (Å²) in [5.41, 5.74) is -1.18. The molecule has 1 rings (SSSR count). The number of hydrogen-bond acceptors (Lipinski definition) is 1. The molecule has 2 unspecified atom stereocenters. The van der Waals surface area contributed by atoms with Crippen molar-refractivity contribution in [1.82, 2.24) is 0 Å². The second-order valence-corrected chi connectivity index (χ2v) is 5.52. The average Bonchev–Trinajstić information content (AvgIpc) is 2.28. The predicted octanol–water partition coefficient (Wildman–Crippen LogP) is 4.07. The van der Waals surface area contributed by atoms with Gasteiger partial charge in [-0.25, -0.2) is 8.78 Å². The Morgan fingerprint density at radius 1 is 1.41 bits per heavy atom. The Morgan fingerprint density at radius 2 is 2.00 bits per heavy atom. The summed E-state index contributed by atoms with van der Waals surface area (Å²) < 4.78 is 27.5. The molecular formula is C13H17BrF2O. The van der Waals surface area contributed by atoms with Gasteiger partial charge in [0.1, 0.15) is 11.6 Å². The summed E-state index contributed by atoms with van der Waals surface area (Å²) in [7, 11) is 0. The molecule has 1 nitrogen and oxygen atoms in total. The summed E-state index contributed by atoms with van der Waals surface area (Å²) in [5, 5.41) is 10.2. The van der Waals surface area contributed by atoms with Crippen molar-refractivity contribution in [2.45, 2.75) is 39.2 Å². The molecule has 0 amide bonds. The van der Waals surface area contributed by atoms with Gasteiger partial charge in [-0.05, 0) is 40.9 Å². The second kappa shape index (κ2) is 5.44. The topological polar surface area (TPSA) is 20.2 Å². The maximum atomic E-state index is 13.8. The zero-order valence-electron chi connectivity index (χ0n) is 10.2. The number of rotatable bonds is 4. The highest BCUT2D eigenvalue weighted by Gasteiger charge is 2.30. The Kier molecular flexibility index (Phi) is 4.67. The molecule has 0 aliphatic carbocycles. The van der Waals surface area contributed by atoms with Crippen LogP contribution in [0.25, 0.3) is 0 Å². The first kappa shape index (κ1) is 14.6. The van der Waals surface area contributed by atoms with Crippen molar-refractivity contribution < 1.29 is 13.9 Å². The van der Waals surface area contributed by atoms with E-state index in [-0.39, 0.29) is 22.4 Å². The van der Waals surface area contributed by atoms with Gasteiger partial charge >= 0.3 is 0 Å².